The van der Waals surface area contributed by atoms with E-state index in [-0.39, 0.29) is 6.04 Å². The second-order valence-corrected chi connectivity index (χ2v) is 8.19. The van der Waals surface area contributed by atoms with Crippen molar-refractivity contribution in [2.45, 2.75) is 37.8 Å². The summed E-state index contributed by atoms with van der Waals surface area (Å²) in [6.07, 6.45) is 7.79. The first kappa shape index (κ1) is 19.3. The van der Waals surface area contributed by atoms with Crippen molar-refractivity contribution >= 4 is 29.1 Å². The lowest BCUT2D eigenvalue weighted by Gasteiger charge is -2.27. The van der Waals surface area contributed by atoms with Gasteiger partial charge >= 0.3 is 0 Å². The summed E-state index contributed by atoms with van der Waals surface area (Å²) in [7, 11) is 0. The minimum atomic E-state index is 0.231. The lowest BCUT2D eigenvalue weighted by molar-refractivity contribution is 0.0663. The van der Waals surface area contributed by atoms with Gasteiger partial charge in [-0.2, -0.15) is 5.10 Å². The van der Waals surface area contributed by atoms with E-state index in [2.05, 4.69) is 31.3 Å². The summed E-state index contributed by atoms with van der Waals surface area (Å²) in [5.74, 6) is 2.43. The van der Waals surface area contributed by atoms with E-state index in [1.165, 1.54) is 0 Å². The van der Waals surface area contributed by atoms with E-state index in [4.69, 9.17) is 16.3 Å². The second kappa shape index (κ2) is 8.62. The summed E-state index contributed by atoms with van der Waals surface area (Å²) >= 11 is 6.47. The van der Waals surface area contributed by atoms with Gasteiger partial charge in [0.05, 0.1) is 12.1 Å². The van der Waals surface area contributed by atoms with Gasteiger partial charge in [0.2, 0.25) is 0 Å². The molecule has 0 amide bonds. The third-order valence-corrected chi connectivity index (χ3v) is 6.24. The average Bonchev–Trinajstić information content (AvgIpc) is 3.45. The quantitative estimate of drug-likeness (QED) is 0.636. The topological polar surface area (TPSA) is 68.1 Å². The lowest BCUT2D eigenvalue weighted by atomic mass is 10.0. The Labute approximate surface area is 181 Å². The maximum atomic E-state index is 6.47. The zero-order valence-corrected chi connectivity index (χ0v) is 17.5. The summed E-state index contributed by atoms with van der Waals surface area (Å²) < 4.78 is 7.48. The third kappa shape index (κ3) is 4.00. The number of benzene rings is 1. The minimum Gasteiger partial charge on any atom is -0.381 e. The molecule has 0 spiro atoms. The molecule has 7 nitrogen and oxygen atoms in total. The predicted molar refractivity (Wildman–Crippen MR) is 117 cm³/mol. The van der Waals surface area contributed by atoms with Crippen LogP contribution in [-0.4, -0.2) is 39.5 Å². The van der Waals surface area contributed by atoms with Gasteiger partial charge in [-0.25, -0.2) is 9.97 Å². The van der Waals surface area contributed by atoms with Gasteiger partial charge in [-0.1, -0.05) is 29.8 Å². The van der Waals surface area contributed by atoms with Crippen molar-refractivity contribution in [1.82, 2.24) is 19.7 Å². The highest BCUT2D eigenvalue weighted by atomic mass is 35.5. The molecule has 8 heteroatoms. The Morgan fingerprint density at radius 2 is 1.90 bits per heavy atom. The Morgan fingerprint density at radius 1 is 1.03 bits per heavy atom. The first-order valence-electron chi connectivity index (χ1n) is 10.5. The molecule has 0 aliphatic carbocycles. The average molecular weight is 425 g/mol. The van der Waals surface area contributed by atoms with Gasteiger partial charge in [0.15, 0.2) is 5.82 Å². The first-order valence-corrected chi connectivity index (χ1v) is 10.9. The van der Waals surface area contributed by atoms with Gasteiger partial charge < -0.3 is 15.0 Å². The van der Waals surface area contributed by atoms with Crippen LogP contribution < -0.4 is 10.2 Å². The van der Waals surface area contributed by atoms with Crippen LogP contribution in [0.2, 0.25) is 5.02 Å². The predicted octanol–water partition coefficient (Wildman–Crippen LogP) is 4.76. The van der Waals surface area contributed by atoms with Crippen LogP contribution in [0.5, 0.6) is 0 Å². The second-order valence-electron chi connectivity index (χ2n) is 7.78. The molecular weight excluding hydrogens is 400 g/mol. The molecule has 5 rings (SSSR count). The molecule has 3 aromatic rings. The Bertz CT molecular complexity index is 1000. The standard InChI is InChI=1S/C22H25ClN6O/c23-18-5-2-1-4-17(18)19-6-3-10-28(19)22-14-21(24-15-25-22)26-20-7-11-29(27-20)16-8-12-30-13-9-16/h1-2,4-5,7,11,14-16,19H,3,6,8-10,12-13H2,(H,24,25,26,27). The van der Waals surface area contributed by atoms with Crippen LogP contribution >= 0.6 is 11.6 Å². The summed E-state index contributed by atoms with van der Waals surface area (Å²) in [5, 5.41) is 8.82. The summed E-state index contributed by atoms with van der Waals surface area (Å²) in [6.45, 7) is 2.54. The minimum absolute atomic E-state index is 0.231. The molecule has 1 atom stereocenters. The molecule has 2 aliphatic heterocycles. The van der Waals surface area contributed by atoms with Crippen LogP contribution in [0.25, 0.3) is 0 Å². The maximum Gasteiger partial charge on any atom is 0.153 e. The first-order chi connectivity index (χ1) is 14.8. The number of rotatable bonds is 5. The Morgan fingerprint density at radius 3 is 2.77 bits per heavy atom. The smallest absolute Gasteiger partial charge is 0.153 e. The molecule has 1 aromatic carbocycles. The molecule has 2 aromatic heterocycles. The highest BCUT2D eigenvalue weighted by molar-refractivity contribution is 6.31. The fraction of sp³-hybridized carbons (Fsp3) is 0.409. The monoisotopic (exact) mass is 424 g/mol. The lowest BCUT2D eigenvalue weighted by Crippen LogP contribution is -2.24. The number of nitrogens with one attached hydrogen (secondary N) is 1. The molecule has 0 saturated carbocycles. The van der Waals surface area contributed by atoms with Crippen LogP contribution in [0, 0.1) is 0 Å². The summed E-state index contributed by atoms with van der Waals surface area (Å²) in [6, 6.07) is 12.7. The molecule has 0 radical (unpaired) electrons. The number of hydrogen-bond acceptors (Lipinski definition) is 6. The van der Waals surface area contributed by atoms with Crippen molar-refractivity contribution in [3.8, 4) is 0 Å². The molecule has 1 unspecified atom stereocenters. The van der Waals surface area contributed by atoms with Crippen molar-refractivity contribution in [2.75, 3.05) is 30.0 Å². The van der Waals surface area contributed by atoms with Gasteiger partial charge in [-0.3, -0.25) is 4.68 Å². The van der Waals surface area contributed by atoms with Crippen molar-refractivity contribution in [2.24, 2.45) is 0 Å². The molecule has 30 heavy (non-hydrogen) atoms. The van der Waals surface area contributed by atoms with Crippen LogP contribution in [0.4, 0.5) is 17.5 Å². The normalized spacial score (nSPS) is 19.9. The number of anilines is 3. The molecular formula is C22H25ClN6O. The summed E-state index contributed by atoms with van der Waals surface area (Å²) in [4.78, 5) is 11.3. The van der Waals surface area contributed by atoms with E-state index in [1.54, 1.807) is 6.33 Å². The molecule has 4 heterocycles. The van der Waals surface area contributed by atoms with Crippen LogP contribution in [0.1, 0.15) is 43.3 Å². The third-order valence-electron chi connectivity index (χ3n) is 5.89. The number of halogens is 1. The summed E-state index contributed by atoms with van der Waals surface area (Å²) in [5.41, 5.74) is 1.15. The van der Waals surface area contributed by atoms with E-state index in [9.17, 15) is 0 Å². The van der Waals surface area contributed by atoms with Gasteiger partial charge in [0.1, 0.15) is 18.0 Å². The van der Waals surface area contributed by atoms with E-state index < -0.39 is 0 Å². The van der Waals surface area contributed by atoms with Crippen molar-refractivity contribution in [3.63, 3.8) is 0 Å². The van der Waals surface area contributed by atoms with Crippen LogP contribution in [0.3, 0.4) is 0 Å². The number of nitrogens with zero attached hydrogens (tertiary/aromatic N) is 5. The maximum absolute atomic E-state index is 6.47. The molecule has 0 bridgehead atoms. The van der Waals surface area contributed by atoms with Crippen molar-refractivity contribution in [3.05, 3.63) is 59.5 Å². The molecule has 2 fully saturated rings. The molecule has 156 valence electrons. The zero-order chi connectivity index (χ0) is 20.3. The van der Waals surface area contributed by atoms with Crippen LogP contribution in [-0.2, 0) is 4.74 Å². The van der Waals surface area contributed by atoms with Crippen molar-refractivity contribution < 1.29 is 4.74 Å². The van der Waals surface area contributed by atoms with Gasteiger partial charge in [-0.05, 0) is 37.3 Å². The van der Waals surface area contributed by atoms with E-state index >= 15 is 0 Å². The zero-order valence-electron chi connectivity index (χ0n) is 16.7. The molecule has 2 saturated heterocycles. The molecule has 2 aliphatic rings. The number of aromatic nitrogens is 4. The fourth-order valence-corrected chi connectivity index (χ4v) is 4.63. The fourth-order valence-electron chi connectivity index (χ4n) is 4.37. The molecule has 1 N–H and O–H groups in total. The van der Waals surface area contributed by atoms with Crippen LogP contribution in [0.15, 0.2) is 48.9 Å². The Kier molecular flexibility index (Phi) is 5.55. The number of ether oxygens (including phenoxy) is 1. The Balaban J connectivity index is 1.33. The van der Waals surface area contributed by atoms with Gasteiger partial charge in [0.25, 0.3) is 0 Å². The SMILES string of the molecule is Clc1ccccc1C1CCCN1c1cc(Nc2ccn(C3CCOCC3)n2)ncn1. The Hall–Kier alpha value is -2.64. The number of hydrogen-bond donors (Lipinski definition) is 1. The highest BCUT2D eigenvalue weighted by Gasteiger charge is 2.28. The largest absolute Gasteiger partial charge is 0.381 e. The van der Waals surface area contributed by atoms with Gasteiger partial charge in [0, 0.05) is 43.1 Å². The van der Waals surface area contributed by atoms with E-state index in [1.807, 2.05) is 41.2 Å². The van der Waals surface area contributed by atoms with E-state index in [0.29, 0.717) is 6.04 Å². The highest BCUT2D eigenvalue weighted by Crippen LogP contribution is 2.38. The van der Waals surface area contributed by atoms with E-state index in [0.717, 1.165) is 73.5 Å². The van der Waals surface area contributed by atoms with Crippen molar-refractivity contribution in [1.29, 1.82) is 0 Å². The van der Waals surface area contributed by atoms with Gasteiger partial charge in [-0.15, -0.1) is 0 Å².